The maximum absolute atomic E-state index is 5.17. The lowest BCUT2D eigenvalue weighted by Crippen LogP contribution is -2.08. The third-order valence-electron chi connectivity index (χ3n) is 2.03. The molecule has 0 fully saturated rings. The molecule has 0 N–H and O–H groups in total. The minimum Gasteiger partial charge on any atom is -0.359 e. The highest BCUT2D eigenvalue weighted by molar-refractivity contribution is 5.88. The molecule has 1 heterocycles. The minimum absolute atomic E-state index is 0.842. The highest BCUT2D eigenvalue weighted by atomic mass is 16.5. The molecular formula is C10H12N2O. The van der Waals surface area contributed by atoms with Crippen molar-refractivity contribution in [1.29, 1.82) is 0 Å². The van der Waals surface area contributed by atoms with Crippen molar-refractivity contribution >= 4 is 16.8 Å². The number of benzene rings is 1. The molecule has 0 amide bonds. The Morgan fingerprint density at radius 1 is 1.31 bits per heavy atom. The first-order chi connectivity index (χ1) is 6.18. The number of aromatic nitrogens is 1. The van der Waals surface area contributed by atoms with E-state index >= 15 is 0 Å². The third-order valence-corrected chi connectivity index (χ3v) is 2.03. The topological polar surface area (TPSA) is 29.3 Å². The van der Waals surface area contributed by atoms with E-state index in [1.54, 1.807) is 0 Å². The molecule has 1 aromatic heterocycles. The number of rotatable bonds is 1. The molecule has 0 saturated heterocycles. The fourth-order valence-corrected chi connectivity index (χ4v) is 1.36. The quantitative estimate of drug-likeness (QED) is 0.667. The Morgan fingerprint density at radius 2 is 2.08 bits per heavy atom. The number of fused-ring (bicyclic) bond motifs is 1. The first-order valence-electron chi connectivity index (χ1n) is 4.22. The van der Waals surface area contributed by atoms with E-state index in [-0.39, 0.29) is 0 Å². The van der Waals surface area contributed by atoms with Crippen LogP contribution in [0.1, 0.15) is 5.56 Å². The van der Waals surface area contributed by atoms with Gasteiger partial charge in [0.2, 0.25) is 0 Å². The van der Waals surface area contributed by atoms with E-state index in [4.69, 9.17) is 4.52 Å². The molecule has 0 radical (unpaired) electrons. The molecule has 0 bridgehead atoms. The van der Waals surface area contributed by atoms with Gasteiger partial charge < -0.3 is 9.42 Å². The van der Waals surface area contributed by atoms with Crippen LogP contribution in [-0.4, -0.2) is 19.3 Å². The van der Waals surface area contributed by atoms with Crippen LogP contribution in [0.3, 0.4) is 0 Å². The van der Waals surface area contributed by atoms with E-state index in [0.29, 0.717) is 0 Å². The molecule has 2 rings (SSSR count). The second kappa shape index (κ2) is 2.76. The molecule has 2 aromatic rings. The Labute approximate surface area is 76.9 Å². The monoisotopic (exact) mass is 176 g/mol. The molecule has 0 saturated carbocycles. The first-order valence-corrected chi connectivity index (χ1v) is 4.22. The number of aryl methyl sites for hydroxylation is 1. The average Bonchev–Trinajstić information content (AvgIpc) is 2.46. The van der Waals surface area contributed by atoms with Crippen molar-refractivity contribution in [3.63, 3.8) is 0 Å². The van der Waals surface area contributed by atoms with Gasteiger partial charge in [0.1, 0.15) is 0 Å². The normalized spacial score (nSPS) is 10.7. The summed E-state index contributed by atoms with van der Waals surface area (Å²) in [5.74, 6) is 0.888. The predicted octanol–water partition coefficient (Wildman–Crippen LogP) is 2.20. The Kier molecular flexibility index (Phi) is 1.72. The van der Waals surface area contributed by atoms with Gasteiger partial charge in [-0.3, -0.25) is 0 Å². The molecule has 3 heteroatoms. The van der Waals surface area contributed by atoms with Gasteiger partial charge in [0.15, 0.2) is 11.4 Å². The summed E-state index contributed by atoms with van der Waals surface area (Å²) in [5, 5.41) is 5.06. The van der Waals surface area contributed by atoms with Crippen molar-refractivity contribution in [3.05, 3.63) is 23.8 Å². The van der Waals surface area contributed by atoms with Crippen molar-refractivity contribution < 1.29 is 4.52 Å². The zero-order chi connectivity index (χ0) is 9.42. The standard InChI is InChI=1S/C10H12N2O/c1-7-4-5-9-8(6-7)10(11-13-9)12(2)3/h4-6H,1-3H3. The Morgan fingerprint density at radius 3 is 2.77 bits per heavy atom. The van der Waals surface area contributed by atoms with Crippen molar-refractivity contribution in [3.8, 4) is 0 Å². The Balaban J connectivity index is 2.71. The zero-order valence-electron chi connectivity index (χ0n) is 8.03. The molecule has 1 aromatic carbocycles. The van der Waals surface area contributed by atoms with E-state index in [9.17, 15) is 0 Å². The number of nitrogens with zero attached hydrogens (tertiary/aromatic N) is 2. The van der Waals surface area contributed by atoms with Gasteiger partial charge in [-0.15, -0.1) is 0 Å². The van der Waals surface area contributed by atoms with Crippen LogP contribution in [0.25, 0.3) is 11.0 Å². The van der Waals surface area contributed by atoms with Crippen molar-refractivity contribution in [2.75, 3.05) is 19.0 Å². The third kappa shape index (κ3) is 1.26. The van der Waals surface area contributed by atoms with Gasteiger partial charge in [-0.2, -0.15) is 0 Å². The van der Waals surface area contributed by atoms with Crippen LogP contribution in [0.15, 0.2) is 22.7 Å². The van der Waals surface area contributed by atoms with Crippen LogP contribution >= 0.6 is 0 Å². The minimum atomic E-state index is 0.842. The highest BCUT2D eigenvalue weighted by Gasteiger charge is 2.08. The Hall–Kier alpha value is -1.51. The van der Waals surface area contributed by atoms with Crippen LogP contribution in [0.4, 0.5) is 5.82 Å². The van der Waals surface area contributed by atoms with Crippen LogP contribution in [0.5, 0.6) is 0 Å². The van der Waals surface area contributed by atoms with Crippen LogP contribution in [0, 0.1) is 6.92 Å². The Bertz CT molecular complexity index is 431. The number of anilines is 1. The summed E-state index contributed by atoms with van der Waals surface area (Å²) in [6.07, 6.45) is 0. The van der Waals surface area contributed by atoms with E-state index in [1.807, 2.05) is 31.1 Å². The van der Waals surface area contributed by atoms with E-state index in [2.05, 4.69) is 18.1 Å². The van der Waals surface area contributed by atoms with Gasteiger partial charge in [0, 0.05) is 14.1 Å². The molecule has 0 aliphatic carbocycles. The zero-order valence-corrected chi connectivity index (χ0v) is 8.03. The van der Waals surface area contributed by atoms with Crippen LogP contribution < -0.4 is 4.90 Å². The lowest BCUT2D eigenvalue weighted by molar-refractivity contribution is 0.457. The maximum Gasteiger partial charge on any atom is 0.179 e. The molecule has 0 aliphatic heterocycles. The molecule has 68 valence electrons. The fraction of sp³-hybridized carbons (Fsp3) is 0.300. The van der Waals surface area contributed by atoms with Gasteiger partial charge in [-0.05, 0) is 19.1 Å². The molecule has 0 aliphatic rings. The van der Waals surface area contributed by atoms with E-state index < -0.39 is 0 Å². The lowest BCUT2D eigenvalue weighted by Gasteiger charge is -2.06. The highest BCUT2D eigenvalue weighted by Crippen LogP contribution is 2.25. The predicted molar refractivity (Wildman–Crippen MR) is 53.1 cm³/mol. The summed E-state index contributed by atoms with van der Waals surface area (Å²) in [7, 11) is 3.92. The van der Waals surface area contributed by atoms with E-state index in [1.165, 1.54) is 5.56 Å². The average molecular weight is 176 g/mol. The van der Waals surface area contributed by atoms with Gasteiger partial charge in [0.25, 0.3) is 0 Å². The van der Waals surface area contributed by atoms with Gasteiger partial charge in [-0.1, -0.05) is 16.8 Å². The molecule has 0 atom stereocenters. The second-order valence-electron chi connectivity index (χ2n) is 3.40. The molecule has 0 unspecified atom stereocenters. The van der Waals surface area contributed by atoms with Crippen LogP contribution in [0.2, 0.25) is 0 Å². The largest absolute Gasteiger partial charge is 0.359 e. The lowest BCUT2D eigenvalue weighted by atomic mass is 10.2. The molecular weight excluding hydrogens is 164 g/mol. The smallest absolute Gasteiger partial charge is 0.179 e. The summed E-state index contributed by atoms with van der Waals surface area (Å²) in [5.41, 5.74) is 2.06. The molecule has 0 spiro atoms. The van der Waals surface area contributed by atoms with Crippen molar-refractivity contribution in [2.24, 2.45) is 0 Å². The number of hydrogen-bond acceptors (Lipinski definition) is 3. The maximum atomic E-state index is 5.17. The summed E-state index contributed by atoms with van der Waals surface area (Å²) in [6.45, 7) is 2.06. The van der Waals surface area contributed by atoms with Gasteiger partial charge in [-0.25, -0.2) is 0 Å². The first kappa shape index (κ1) is 8.10. The molecule has 13 heavy (non-hydrogen) atoms. The summed E-state index contributed by atoms with van der Waals surface area (Å²) in [4.78, 5) is 1.95. The van der Waals surface area contributed by atoms with E-state index in [0.717, 1.165) is 16.8 Å². The SMILES string of the molecule is Cc1ccc2onc(N(C)C)c2c1. The van der Waals surface area contributed by atoms with Gasteiger partial charge >= 0.3 is 0 Å². The number of hydrogen-bond donors (Lipinski definition) is 0. The summed E-state index contributed by atoms with van der Waals surface area (Å²) < 4.78 is 5.17. The fourth-order valence-electron chi connectivity index (χ4n) is 1.36. The molecule has 3 nitrogen and oxygen atoms in total. The summed E-state index contributed by atoms with van der Waals surface area (Å²) in [6, 6.07) is 6.05. The van der Waals surface area contributed by atoms with Crippen molar-refractivity contribution in [1.82, 2.24) is 5.16 Å². The van der Waals surface area contributed by atoms with Crippen LogP contribution in [-0.2, 0) is 0 Å². The van der Waals surface area contributed by atoms with Crippen molar-refractivity contribution in [2.45, 2.75) is 6.92 Å². The summed E-state index contributed by atoms with van der Waals surface area (Å²) >= 11 is 0. The van der Waals surface area contributed by atoms with Gasteiger partial charge in [0.05, 0.1) is 5.39 Å². The second-order valence-corrected chi connectivity index (χ2v) is 3.40.